The lowest BCUT2D eigenvalue weighted by atomic mass is 9.80. The number of rotatable bonds is 2. The number of hydrogen-bond donors (Lipinski definition) is 0. The predicted molar refractivity (Wildman–Crippen MR) is 91.6 cm³/mol. The lowest BCUT2D eigenvalue weighted by Crippen LogP contribution is -2.60. The Morgan fingerprint density at radius 1 is 1.16 bits per heavy atom. The molecule has 0 saturated carbocycles. The first-order valence-corrected chi connectivity index (χ1v) is 8.31. The van der Waals surface area contributed by atoms with Gasteiger partial charge in [-0.25, -0.2) is 9.59 Å². The Labute approximate surface area is 146 Å². The summed E-state index contributed by atoms with van der Waals surface area (Å²) in [5, 5.41) is 14.1. The number of nitrogens with zero attached hydrogens (tertiary/aromatic N) is 1. The van der Waals surface area contributed by atoms with Crippen LogP contribution in [0.25, 0.3) is 11.0 Å². The van der Waals surface area contributed by atoms with Gasteiger partial charge in [-0.15, -0.1) is 10.3 Å². The smallest absolute Gasteiger partial charge is 0.351 e. The maximum Gasteiger partial charge on any atom is 0.351 e. The van der Waals surface area contributed by atoms with Gasteiger partial charge in [-0.2, -0.15) is 0 Å². The molecule has 1 aliphatic rings. The molecular formula is C19H22NO5. The van der Waals surface area contributed by atoms with Crippen LogP contribution in [0.15, 0.2) is 39.5 Å². The molecule has 6 heteroatoms. The van der Waals surface area contributed by atoms with Crippen molar-refractivity contribution >= 4 is 16.9 Å². The topological polar surface area (TPSA) is 79.7 Å². The van der Waals surface area contributed by atoms with Crippen molar-refractivity contribution in [1.29, 1.82) is 0 Å². The average Bonchev–Trinajstić information content (AvgIpc) is 2.51. The highest BCUT2D eigenvalue weighted by Crippen LogP contribution is 2.38. The number of ether oxygens (including phenoxy) is 1. The summed E-state index contributed by atoms with van der Waals surface area (Å²) in [5.74, 6) is -0.713. The first kappa shape index (κ1) is 17.6. The largest absolute Gasteiger partial charge is 0.458 e. The van der Waals surface area contributed by atoms with Crippen LogP contribution in [0.3, 0.4) is 0 Å². The number of fused-ring (bicyclic) bond motifs is 1. The van der Waals surface area contributed by atoms with Gasteiger partial charge >= 0.3 is 11.6 Å². The highest BCUT2D eigenvalue weighted by atomic mass is 16.5. The molecule has 1 fully saturated rings. The SMILES string of the molecule is CC1(C)CC(OC(=O)c2cc3ccccc3oc2=O)CC(C)(C)N1[O]. The quantitative estimate of drug-likeness (QED) is 0.617. The Morgan fingerprint density at radius 2 is 1.76 bits per heavy atom. The van der Waals surface area contributed by atoms with E-state index in [1.54, 1.807) is 24.3 Å². The van der Waals surface area contributed by atoms with E-state index in [0.29, 0.717) is 23.8 Å². The Kier molecular flexibility index (Phi) is 4.21. The number of benzene rings is 1. The van der Waals surface area contributed by atoms with Gasteiger partial charge in [0, 0.05) is 29.3 Å². The van der Waals surface area contributed by atoms with E-state index in [2.05, 4.69) is 0 Å². The van der Waals surface area contributed by atoms with Crippen molar-refractivity contribution in [3.05, 3.63) is 46.3 Å². The second-order valence-corrected chi connectivity index (χ2v) is 7.84. The number of carbonyl (C=O) groups excluding carboxylic acids is 1. The summed E-state index contributed by atoms with van der Waals surface area (Å²) >= 11 is 0. The molecule has 2 heterocycles. The summed E-state index contributed by atoms with van der Waals surface area (Å²) in [7, 11) is 0. The summed E-state index contributed by atoms with van der Waals surface area (Å²) < 4.78 is 10.7. The number of esters is 1. The first-order valence-electron chi connectivity index (χ1n) is 8.31. The van der Waals surface area contributed by atoms with Gasteiger partial charge in [0.1, 0.15) is 17.3 Å². The average molecular weight is 344 g/mol. The Morgan fingerprint density at radius 3 is 2.40 bits per heavy atom. The minimum atomic E-state index is -0.719. The molecule has 0 bridgehead atoms. The van der Waals surface area contributed by atoms with E-state index in [9.17, 15) is 14.8 Å². The molecule has 1 aromatic heterocycles. The van der Waals surface area contributed by atoms with Gasteiger partial charge in [0.05, 0.1) is 0 Å². The fourth-order valence-electron chi connectivity index (χ4n) is 3.67. The van der Waals surface area contributed by atoms with E-state index in [0.717, 1.165) is 5.06 Å². The van der Waals surface area contributed by atoms with E-state index < -0.39 is 28.8 Å². The molecule has 0 amide bonds. The molecule has 0 aliphatic carbocycles. The number of para-hydroxylation sites is 1. The summed E-state index contributed by atoms with van der Waals surface area (Å²) in [6, 6.07) is 8.47. The normalized spacial score (nSPS) is 20.5. The Bertz CT molecular complexity index is 849. The van der Waals surface area contributed by atoms with E-state index in [-0.39, 0.29) is 5.56 Å². The van der Waals surface area contributed by atoms with E-state index in [1.165, 1.54) is 6.07 Å². The third-order valence-electron chi connectivity index (χ3n) is 4.69. The van der Waals surface area contributed by atoms with Gasteiger partial charge < -0.3 is 9.15 Å². The van der Waals surface area contributed by atoms with Crippen molar-refractivity contribution in [3.8, 4) is 0 Å². The van der Waals surface area contributed by atoms with Crippen LogP contribution in [-0.2, 0) is 9.94 Å². The summed E-state index contributed by atoms with van der Waals surface area (Å²) in [4.78, 5) is 24.6. The lowest BCUT2D eigenvalue weighted by Gasteiger charge is -2.49. The third-order valence-corrected chi connectivity index (χ3v) is 4.69. The molecule has 1 aromatic carbocycles. The molecule has 0 spiro atoms. The molecule has 2 aromatic rings. The van der Waals surface area contributed by atoms with Crippen molar-refractivity contribution < 1.29 is 19.2 Å². The minimum absolute atomic E-state index is 0.126. The predicted octanol–water partition coefficient (Wildman–Crippen LogP) is 3.32. The Balaban J connectivity index is 1.85. The molecule has 3 rings (SSSR count). The number of hydrogen-bond acceptors (Lipinski definition) is 5. The lowest BCUT2D eigenvalue weighted by molar-refractivity contribution is -0.298. The van der Waals surface area contributed by atoms with E-state index >= 15 is 0 Å². The molecule has 1 saturated heterocycles. The van der Waals surface area contributed by atoms with Gasteiger partial charge in [-0.1, -0.05) is 18.2 Å². The van der Waals surface area contributed by atoms with Crippen molar-refractivity contribution in [2.24, 2.45) is 0 Å². The second-order valence-electron chi connectivity index (χ2n) is 7.84. The monoisotopic (exact) mass is 344 g/mol. The van der Waals surface area contributed by atoms with Crippen molar-refractivity contribution in [2.75, 3.05) is 0 Å². The van der Waals surface area contributed by atoms with Crippen LogP contribution in [0, 0.1) is 0 Å². The minimum Gasteiger partial charge on any atom is -0.458 e. The van der Waals surface area contributed by atoms with Crippen molar-refractivity contribution in [2.45, 2.75) is 57.7 Å². The zero-order chi connectivity index (χ0) is 18.4. The number of hydroxylamine groups is 2. The number of piperidine rings is 1. The Hall–Kier alpha value is -2.18. The molecule has 0 atom stereocenters. The molecule has 1 radical (unpaired) electrons. The highest BCUT2D eigenvalue weighted by Gasteiger charge is 2.47. The molecule has 0 N–H and O–H groups in total. The van der Waals surface area contributed by atoms with Crippen LogP contribution < -0.4 is 5.63 Å². The van der Waals surface area contributed by atoms with Crippen molar-refractivity contribution in [1.82, 2.24) is 5.06 Å². The summed E-state index contributed by atoms with van der Waals surface area (Å²) in [6.45, 7) is 7.30. The molecular weight excluding hydrogens is 322 g/mol. The standard InChI is InChI=1S/C19H22NO5/c1-18(2)10-13(11-19(3,4)20(18)23)24-16(21)14-9-12-7-5-6-8-15(12)25-17(14)22/h5-9,13H,10-11H2,1-4H3. The molecule has 0 unspecified atom stereocenters. The van der Waals surface area contributed by atoms with Crippen LogP contribution >= 0.6 is 0 Å². The second kappa shape index (κ2) is 5.97. The molecule has 1 aliphatic heterocycles. The fraction of sp³-hybridized carbons (Fsp3) is 0.474. The van der Waals surface area contributed by atoms with Crippen LogP contribution in [-0.4, -0.2) is 28.2 Å². The maximum absolute atomic E-state index is 12.5. The summed E-state index contributed by atoms with van der Waals surface area (Å²) in [5.41, 5.74) is -1.73. The molecule has 6 nitrogen and oxygen atoms in total. The fourth-order valence-corrected chi connectivity index (χ4v) is 3.67. The van der Waals surface area contributed by atoms with Crippen LogP contribution in [0.5, 0.6) is 0 Å². The first-order chi connectivity index (χ1) is 11.6. The van der Waals surface area contributed by atoms with Crippen LogP contribution in [0.1, 0.15) is 50.9 Å². The van der Waals surface area contributed by atoms with E-state index in [1.807, 2.05) is 27.7 Å². The van der Waals surface area contributed by atoms with Gasteiger partial charge in [-0.05, 0) is 39.8 Å². The van der Waals surface area contributed by atoms with E-state index in [4.69, 9.17) is 9.15 Å². The molecule has 25 heavy (non-hydrogen) atoms. The zero-order valence-electron chi connectivity index (χ0n) is 14.9. The van der Waals surface area contributed by atoms with Gasteiger partial charge in [0.2, 0.25) is 0 Å². The summed E-state index contributed by atoms with van der Waals surface area (Å²) in [6.07, 6.45) is 0.378. The zero-order valence-corrected chi connectivity index (χ0v) is 14.9. The van der Waals surface area contributed by atoms with Gasteiger partial charge in [-0.3, -0.25) is 0 Å². The highest BCUT2D eigenvalue weighted by molar-refractivity contribution is 5.92. The van der Waals surface area contributed by atoms with Crippen molar-refractivity contribution in [3.63, 3.8) is 0 Å². The third kappa shape index (κ3) is 3.32. The maximum atomic E-state index is 12.5. The van der Waals surface area contributed by atoms with Gasteiger partial charge in [0.15, 0.2) is 0 Å². The number of carbonyl (C=O) groups is 1. The van der Waals surface area contributed by atoms with Crippen LogP contribution in [0.4, 0.5) is 0 Å². The van der Waals surface area contributed by atoms with Gasteiger partial charge in [0.25, 0.3) is 0 Å². The molecule has 133 valence electrons. The van der Waals surface area contributed by atoms with Crippen LogP contribution in [0.2, 0.25) is 0 Å².